The molecule has 1 N–H and O–H groups in total. The standard InChI is InChI=1S/C14H19N3/c1-10-5-6-14(7-11(10)2)16-12(3)13-8-15-17(4)9-13/h5-9,12,16H,1-4H3. The molecule has 3 heteroatoms. The predicted octanol–water partition coefficient (Wildman–Crippen LogP) is 3.21. The van der Waals surface area contributed by atoms with E-state index in [0.29, 0.717) is 0 Å². The molecule has 0 spiro atoms. The number of hydrogen-bond acceptors (Lipinski definition) is 2. The fourth-order valence-electron chi connectivity index (χ4n) is 1.83. The van der Waals surface area contributed by atoms with Gasteiger partial charge in [-0.15, -0.1) is 0 Å². The molecule has 1 heterocycles. The first-order chi connectivity index (χ1) is 8.06. The Morgan fingerprint density at radius 2 is 2.00 bits per heavy atom. The molecule has 1 unspecified atom stereocenters. The Morgan fingerprint density at radius 3 is 2.59 bits per heavy atom. The van der Waals surface area contributed by atoms with Crippen LogP contribution in [-0.4, -0.2) is 9.78 Å². The van der Waals surface area contributed by atoms with Crippen molar-refractivity contribution in [2.75, 3.05) is 5.32 Å². The number of benzene rings is 1. The molecule has 90 valence electrons. The van der Waals surface area contributed by atoms with E-state index in [4.69, 9.17) is 0 Å². The molecule has 2 rings (SSSR count). The summed E-state index contributed by atoms with van der Waals surface area (Å²) in [7, 11) is 1.94. The van der Waals surface area contributed by atoms with Crippen LogP contribution in [0.15, 0.2) is 30.6 Å². The molecule has 1 atom stereocenters. The fraction of sp³-hybridized carbons (Fsp3) is 0.357. The number of rotatable bonds is 3. The first kappa shape index (κ1) is 11.7. The zero-order valence-corrected chi connectivity index (χ0v) is 10.9. The highest BCUT2D eigenvalue weighted by Gasteiger charge is 2.07. The smallest absolute Gasteiger partial charge is 0.0542 e. The van der Waals surface area contributed by atoms with E-state index in [1.807, 2.05) is 24.1 Å². The molecule has 17 heavy (non-hydrogen) atoms. The van der Waals surface area contributed by atoms with Gasteiger partial charge in [-0.2, -0.15) is 5.10 Å². The summed E-state index contributed by atoms with van der Waals surface area (Å²) < 4.78 is 1.83. The zero-order chi connectivity index (χ0) is 12.4. The molecule has 1 aromatic carbocycles. The van der Waals surface area contributed by atoms with Crippen LogP contribution in [0.3, 0.4) is 0 Å². The van der Waals surface area contributed by atoms with Gasteiger partial charge in [0.15, 0.2) is 0 Å². The highest BCUT2D eigenvalue weighted by atomic mass is 15.2. The summed E-state index contributed by atoms with van der Waals surface area (Å²) in [6, 6.07) is 6.72. The van der Waals surface area contributed by atoms with Crippen LogP contribution in [0, 0.1) is 13.8 Å². The van der Waals surface area contributed by atoms with Crippen molar-refractivity contribution in [1.82, 2.24) is 9.78 Å². The van der Waals surface area contributed by atoms with Gasteiger partial charge in [0.05, 0.1) is 12.2 Å². The minimum atomic E-state index is 0.269. The maximum Gasteiger partial charge on any atom is 0.0542 e. The predicted molar refractivity (Wildman–Crippen MR) is 71.2 cm³/mol. The SMILES string of the molecule is Cc1ccc(NC(C)c2cnn(C)c2)cc1C. The lowest BCUT2D eigenvalue weighted by Gasteiger charge is -2.14. The Labute approximate surface area is 102 Å². The van der Waals surface area contributed by atoms with Crippen LogP contribution in [0.2, 0.25) is 0 Å². The lowest BCUT2D eigenvalue weighted by atomic mass is 10.1. The maximum atomic E-state index is 4.19. The van der Waals surface area contributed by atoms with Crippen molar-refractivity contribution >= 4 is 5.69 Å². The van der Waals surface area contributed by atoms with Crippen LogP contribution in [0.5, 0.6) is 0 Å². The van der Waals surface area contributed by atoms with Gasteiger partial charge in [0.25, 0.3) is 0 Å². The number of aromatic nitrogens is 2. The largest absolute Gasteiger partial charge is 0.378 e. The van der Waals surface area contributed by atoms with Crippen molar-refractivity contribution in [3.8, 4) is 0 Å². The van der Waals surface area contributed by atoms with E-state index < -0.39 is 0 Å². The van der Waals surface area contributed by atoms with Crippen molar-refractivity contribution in [3.63, 3.8) is 0 Å². The molecule has 3 nitrogen and oxygen atoms in total. The molecule has 2 aromatic rings. The molecular formula is C14H19N3. The fourth-order valence-corrected chi connectivity index (χ4v) is 1.83. The molecule has 0 amide bonds. The Hall–Kier alpha value is -1.77. The molecule has 0 saturated carbocycles. The van der Waals surface area contributed by atoms with Gasteiger partial charge in [-0.05, 0) is 44.0 Å². The first-order valence-electron chi connectivity index (χ1n) is 5.88. The molecule has 0 fully saturated rings. The molecule has 0 aliphatic heterocycles. The zero-order valence-electron chi connectivity index (χ0n) is 10.9. The summed E-state index contributed by atoms with van der Waals surface area (Å²) in [5.41, 5.74) is 4.99. The van der Waals surface area contributed by atoms with Crippen LogP contribution < -0.4 is 5.32 Å². The van der Waals surface area contributed by atoms with E-state index in [9.17, 15) is 0 Å². The molecule has 0 bridgehead atoms. The van der Waals surface area contributed by atoms with Crippen molar-refractivity contribution in [2.24, 2.45) is 7.05 Å². The van der Waals surface area contributed by atoms with E-state index in [-0.39, 0.29) is 6.04 Å². The van der Waals surface area contributed by atoms with Gasteiger partial charge in [-0.3, -0.25) is 4.68 Å². The number of nitrogens with zero attached hydrogens (tertiary/aromatic N) is 2. The second kappa shape index (κ2) is 4.62. The van der Waals surface area contributed by atoms with Crippen molar-refractivity contribution in [1.29, 1.82) is 0 Å². The number of anilines is 1. The summed E-state index contributed by atoms with van der Waals surface area (Å²) in [6.07, 6.45) is 3.94. The van der Waals surface area contributed by atoms with Gasteiger partial charge in [0.2, 0.25) is 0 Å². The normalized spacial score (nSPS) is 12.5. The summed E-state index contributed by atoms with van der Waals surface area (Å²) in [5.74, 6) is 0. The highest BCUT2D eigenvalue weighted by Crippen LogP contribution is 2.20. The van der Waals surface area contributed by atoms with Crippen LogP contribution in [0.4, 0.5) is 5.69 Å². The lowest BCUT2D eigenvalue weighted by molar-refractivity contribution is 0.765. The Balaban J connectivity index is 2.12. The van der Waals surface area contributed by atoms with E-state index in [1.54, 1.807) is 0 Å². The lowest BCUT2D eigenvalue weighted by Crippen LogP contribution is -2.06. The molecule has 0 aliphatic carbocycles. The van der Waals surface area contributed by atoms with E-state index in [2.05, 4.69) is 49.4 Å². The average Bonchev–Trinajstić information content (AvgIpc) is 2.70. The topological polar surface area (TPSA) is 29.9 Å². The highest BCUT2D eigenvalue weighted by molar-refractivity contribution is 5.49. The Morgan fingerprint density at radius 1 is 1.24 bits per heavy atom. The monoisotopic (exact) mass is 229 g/mol. The minimum Gasteiger partial charge on any atom is -0.378 e. The minimum absolute atomic E-state index is 0.269. The van der Waals surface area contributed by atoms with Crippen LogP contribution in [0.1, 0.15) is 29.7 Å². The van der Waals surface area contributed by atoms with Gasteiger partial charge in [0.1, 0.15) is 0 Å². The maximum absolute atomic E-state index is 4.19. The van der Waals surface area contributed by atoms with Crippen LogP contribution >= 0.6 is 0 Å². The number of hydrogen-bond donors (Lipinski definition) is 1. The van der Waals surface area contributed by atoms with Crippen molar-refractivity contribution in [3.05, 3.63) is 47.3 Å². The van der Waals surface area contributed by atoms with Gasteiger partial charge in [-0.1, -0.05) is 6.07 Å². The van der Waals surface area contributed by atoms with Gasteiger partial charge in [0, 0.05) is 24.5 Å². The second-order valence-electron chi connectivity index (χ2n) is 4.61. The van der Waals surface area contributed by atoms with Crippen molar-refractivity contribution < 1.29 is 0 Å². The summed E-state index contributed by atoms with van der Waals surface area (Å²) in [4.78, 5) is 0. The van der Waals surface area contributed by atoms with Crippen LogP contribution in [0.25, 0.3) is 0 Å². The Bertz CT molecular complexity index is 514. The summed E-state index contributed by atoms with van der Waals surface area (Å²) in [6.45, 7) is 6.41. The first-order valence-corrected chi connectivity index (χ1v) is 5.88. The summed E-state index contributed by atoms with van der Waals surface area (Å²) in [5, 5.41) is 7.67. The van der Waals surface area contributed by atoms with Gasteiger partial charge in [-0.25, -0.2) is 0 Å². The van der Waals surface area contributed by atoms with E-state index >= 15 is 0 Å². The van der Waals surface area contributed by atoms with E-state index in [1.165, 1.54) is 16.7 Å². The average molecular weight is 229 g/mol. The van der Waals surface area contributed by atoms with Crippen LogP contribution in [-0.2, 0) is 7.05 Å². The molecule has 1 aromatic heterocycles. The third-order valence-electron chi connectivity index (χ3n) is 3.11. The second-order valence-corrected chi connectivity index (χ2v) is 4.61. The molecular weight excluding hydrogens is 210 g/mol. The van der Waals surface area contributed by atoms with Gasteiger partial charge >= 0.3 is 0 Å². The Kier molecular flexibility index (Phi) is 3.18. The molecule has 0 radical (unpaired) electrons. The van der Waals surface area contributed by atoms with Gasteiger partial charge < -0.3 is 5.32 Å². The number of nitrogens with one attached hydrogen (secondary N) is 1. The van der Waals surface area contributed by atoms with E-state index in [0.717, 1.165) is 5.69 Å². The quantitative estimate of drug-likeness (QED) is 0.875. The third kappa shape index (κ3) is 2.67. The number of aryl methyl sites for hydroxylation is 3. The molecule has 0 saturated heterocycles. The van der Waals surface area contributed by atoms with Crippen molar-refractivity contribution in [2.45, 2.75) is 26.8 Å². The third-order valence-corrected chi connectivity index (χ3v) is 3.11. The summed E-state index contributed by atoms with van der Waals surface area (Å²) >= 11 is 0. The molecule has 0 aliphatic rings.